The summed E-state index contributed by atoms with van der Waals surface area (Å²) in [6.07, 6.45) is 2.66. The average Bonchev–Trinajstić information content (AvgIpc) is 2.81. The molecule has 0 saturated carbocycles. The van der Waals surface area contributed by atoms with Crippen molar-refractivity contribution in [2.75, 3.05) is 13.1 Å². The number of nitrogens with one attached hydrogen (secondary N) is 1. The summed E-state index contributed by atoms with van der Waals surface area (Å²) >= 11 is 0. The van der Waals surface area contributed by atoms with E-state index >= 15 is 0 Å². The predicted molar refractivity (Wildman–Crippen MR) is 66.6 cm³/mol. The summed E-state index contributed by atoms with van der Waals surface area (Å²) in [6, 6.07) is 6.65. The summed E-state index contributed by atoms with van der Waals surface area (Å²) in [5, 5.41) is 3.32. The van der Waals surface area contributed by atoms with Gasteiger partial charge in [-0.05, 0) is 43.0 Å². The van der Waals surface area contributed by atoms with Crippen molar-refractivity contribution in [1.29, 1.82) is 0 Å². The Kier molecular flexibility index (Phi) is 3.97. The first kappa shape index (κ1) is 11.6. The Hall–Kier alpha value is -0.860. The van der Waals surface area contributed by atoms with Gasteiger partial charge in [0.2, 0.25) is 0 Å². The monoisotopic (exact) mass is 219 g/mol. The normalized spacial score (nSPS) is 20.2. The van der Waals surface area contributed by atoms with Gasteiger partial charge in [0.15, 0.2) is 0 Å². The number of hydrogen-bond acceptors (Lipinski definition) is 2. The van der Waals surface area contributed by atoms with Crippen LogP contribution >= 0.6 is 0 Å². The lowest BCUT2D eigenvalue weighted by Gasteiger charge is -2.12. The first-order chi connectivity index (χ1) is 7.79. The van der Waals surface area contributed by atoms with E-state index < -0.39 is 0 Å². The second-order valence-electron chi connectivity index (χ2n) is 4.54. The van der Waals surface area contributed by atoms with Crippen LogP contribution in [0.2, 0.25) is 0 Å². The highest BCUT2D eigenvalue weighted by molar-refractivity contribution is 5.30. The van der Waals surface area contributed by atoms with Gasteiger partial charge in [-0.3, -0.25) is 0 Å². The van der Waals surface area contributed by atoms with Crippen molar-refractivity contribution < 1.29 is 4.74 Å². The molecule has 88 valence electrons. The molecule has 16 heavy (non-hydrogen) atoms. The van der Waals surface area contributed by atoms with Crippen molar-refractivity contribution in [2.45, 2.75) is 39.4 Å². The minimum Gasteiger partial charge on any atom is -0.372 e. The summed E-state index contributed by atoms with van der Waals surface area (Å²) in [5.41, 5.74) is 4.12. The van der Waals surface area contributed by atoms with Crippen LogP contribution in [0.3, 0.4) is 0 Å². The number of rotatable bonds is 4. The van der Waals surface area contributed by atoms with Crippen LogP contribution in [0.4, 0.5) is 0 Å². The molecule has 0 radical (unpaired) electrons. The number of aryl methyl sites for hydroxylation is 2. The average molecular weight is 219 g/mol. The smallest absolute Gasteiger partial charge is 0.0721 e. The molecule has 1 fully saturated rings. The standard InChI is InChI=1S/C14H21NO/c1-3-13-8-12(5-4-11(13)2)10-16-14-6-7-15-9-14/h4-5,8,14-15H,3,6-7,9-10H2,1-2H3. The summed E-state index contributed by atoms with van der Waals surface area (Å²) in [4.78, 5) is 0. The quantitative estimate of drug-likeness (QED) is 0.840. The molecular formula is C14H21NO. The van der Waals surface area contributed by atoms with Gasteiger partial charge in [-0.15, -0.1) is 0 Å². The van der Waals surface area contributed by atoms with Crippen molar-refractivity contribution in [2.24, 2.45) is 0 Å². The Morgan fingerprint density at radius 2 is 2.31 bits per heavy atom. The molecule has 1 aliphatic rings. The maximum atomic E-state index is 5.87. The van der Waals surface area contributed by atoms with Crippen LogP contribution in [0, 0.1) is 6.92 Å². The molecule has 1 aromatic carbocycles. The fourth-order valence-corrected chi connectivity index (χ4v) is 2.18. The molecular weight excluding hydrogens is 198 g/mol. The van der Waals surface area contributed by atoms with Gasteiger partial charge in [-0.1, -0.05) is 25.1 Å². The topological polar surface area (TPSA) is 21.3 Å². The molecule has 2 rings (SSSR count). The highest BCUT2D eigenvalue weighted by Gasteiger charge is 2.14. The molecule has 0 spiro atoms. The Morgan fingerprint density at radius 1 is 1.44 bits per heavy atom. The zero-order valence-corrected chi connectivity index (χ0v) is 10.3. The highest BCUT2D eigenvalue weighted by Crippen LogP contribution is 2.14. The molecule has 0 amide bonds. The Balaban J connectivity index is 1.93. The lowest BCUT2D eigenvalue weighted by atomic mass is 10.0. The molecule has 0 aliphatic carbocycles. The number of hydrogen-bond donors (Lipinski definition) is 1. The van der Waals surface area contributed by atoms with Crippen molar-refractivity contribution >= 4 is 0 Å². The SMILES string of the molecule is CCc1cc(COC2CCNC2)ccc1C. The molecule has 2 nitrogen and oxygen atoms in total. The first-order valence-electron chi connectivity index (χ1n) is 6.20. The predicted octanol–water partition coefficient (Wildman–Crippen LogP) is 2.44. The molecule has 0 bridgehead atoms. The summed E-state index contributed by atoms with van der Waals surface area (Å²) in [7, 11) is 0. The fourth-order valence-electron chi connectivity index (χ4n) is 2.18. The van der Waals surface area contributed by atoms with Gasteiger partial charge in [0.25, 0.3) is 0 Å². The van der Waals surface area contributed by atoms with E-state index in [9.17, 15) is 0 Å². The van der Waals surface area contributed by atoms with Crippen LogP contribution in [-0.2, 0) is 17.8 Å². The van der Waals surface area contributed by atoms with Crippen LogP contribution < -0.4 is 5.32 Å². The molecule has 1 unspecified atom stereocenters. The van der Waals surface area contributed by atoms with Gasteiger partial charge < -0.3 is 10.1 Å². The fraction of sp³-hybridized carbons (Fsp3) is 0.571. The third kappa shape index (κ3) is 2.83. The molecule has 1 saturated heterocycles. The van der Waals surface area contributed by atoms with Crippen molar-refractivity contribution in [3.8, 4) is 0 Å². The van der Waals surface area contributed by atoms with Crippen molar-refractivity contribution in [3.05, 3.63) is 34.9 Å². The Labute approximate surface area is 98.0 Å². The molecule has 1 aromatic rings. The van der Waals surface area contributed by atoms with Crippen molar-refractivity contribution in [1.82, 2.24) is 5.32 Å². The molecule has 0 aromatic heterocycles. The third-order valence-corrected chi connectivity index (χ3v) is 3.30. The number of ether oxygens (including phenoxy) is 1. The van der Waals surface area contributed by atoms with E-state index in [0.717, 1.165) is 32.5 Å². The Bertz CT molecular complexity index is 343. The van der Waals surface area contributed by atoms with Gasteiger partial charge in [-0.2, -0.15) is 0 Å². The van der Waals surface area contributed by atoms with E-state index in [2.05, 4.69) is 37.4 Å². The molecule has 1 aliphatic heterocycles. The minimum absolute atomic E-state index is 0.409. The van der Waals surface area contributed by atoms with Gasteiger partial charge in [-0.25, -0.2) is 0 Å². The van der Waals surface area contributed by atoms with Crippen LogP contribution in [0.5, 0.6) is 0 Å². The van der Waals surface area contributed by atoms with Gasteiger partial charge in [0, 0.05) is 6.54 Å². The van der Waals surface area contributed by atoms with Crippen LogP contribution in [-0.4, -0.2) is 19.2 Å². The van der Waals surface area contributed by atoms with Crippen molar-refractivity contribution in [3.63, 3.8) is 0 Å². The molecule has 1 N–H and O–H groups in total. The summed E-state index contributed by atoms with van der Waals surface area (Å²) < 4.78 is 5.87. The van der Waals surface area contributed by atoms with Gasteiger partial charge in [0.1, 0.15) is 0 Å². The van der Waals surface area contributed by atoms with E-state index in [1.807, 2.05) is 0 Å². The summed E-state index contributed by atoms with van der Waals surface area (Å²) in [5.74, 6) is 0. The van der Waals surface area contributed by atoms with Gasteiger partial charge in [0.05, 0.1) is 12.7 Å². The van der Waals surface area contributed by atoms with Gasteiger partial charge >= 0.3 is 0 Å². The molecule has 1 atom stereocenters. The van der Waals surface area contributed by atoms with Crippen LogP contribution in [0.25, 0.3) is 0 Å². The maximum absolute atomic E-state index is 5.87. The van der Waals surface area contributed by atoms with E-state index in [-0.39, 0.29) is 0 Å². The second kappa shape index (κ2) is 5.46. The lowest BCUT2D eigenvalue weighted by Crippen LogP contribution is -2.16. The molecule has 1 heterocycles. The molecule has 2 heteroatoms. The lowest BCUT2D eigenvalue weighted by molar-refractivity contribution is 0.0542. The van der Waals surface area contributed by atoms with E-state index in [1.165, 1.54) is 16.7 Å². The summed E-state index contributed by atoms with van der Waals surface area (Å²) in [6.45, 7) is 7.23. The first-order valence-corrected chi connectivity index (χ1v) is 6.20. The maximum Gasteiger partial charge on any atom is 0.0721 e. The Morgan fingerprint density at radius 3 is 3.00 bits per heavy atom. The minimum atomic E-state index is 0.409. The zero-order chi connectivity index (χ0) is 11.4. The van der Waals surface area contributed by atoms with E-state index in [0.29, 0.717) is 6.10 Å². The van der Waals surface area contributed by atoms with Crippen LogP contribution in [0.1, 0.15) is 30.0 Å². The van der Waals surface area contributed by atoms with Crippen LogP contribution in [0.15, 0.2) is 18.2 Å². The number of benzene rings is 1. The highest BCUT2D eigenvalue weighted by atomic mass is 16.5. The van der Waals surface area contributed by atoms with E-state index in [4.69, 9.17) is 4.74 Å². The largest absolute Gasteiger partial charge is 0.372 e. The third-order valence-electron chi connectivity index (χ3n) is 3.30. The zero-order valence-electron chi connectivity index (χ0n) is 10.3. The van der Waals surface area contributed by atoms with E-state index in [1.54, 1.807) is 0 Å². The second-order valence-corrected chi connectivity index (χ2v) is 4.54.